The van der Waals surface area contributed by atoms with Gasteiger partial charge in [-0.05, 0) is 41.3 Å². The summed E-state index contributed by atoms with van der Waals surface area (Å²) in [6.45, 7) is 0.584. The van der Waals surface area contributed by atoms with E-state index in [9.17, 15) is 9.59 Å². The molecule has 2 saturated heterocycles. The molecule has 3 aliphatic carbocycles. The summed E-state index contributed by atoms with van der Waals surface area (Å²) in [5.41, 5.74) is 5.12. The number of amides is 2. The summed E-state index contributed by atoms with van der Waals surface area (Å²) >= 11 is 0. The Balaban J connectivity index is 1.45. The van der Waals surface area contributed by atoms with Crippen LogP contribution >= 0.6 is 0 Å². The van der Waals surface area contributed by atoms with Crippen molar-refractivity contribution in [2.24, 2.45) is 11.8 Å². The molecule has 4 atom stereocenters. The van der Waals surface area contributed by atoms with Gasteiger partial charge < -0.3 is 4.74 Å². The highest BCUT2D eigenvalue weighted by Crippen LogP contribution is 2.66. The minimum atomic E-state index is -0.746. The van der Waals surface area contributed by atoms with E-state index in [0.717, 1.165) is 28.7 Å². The Morgan fingerprint density at radius 2 is 1.43 bits per heavy atom. The maximum Gasteiger partial charge on any atom is 0.234 e. The largest absolute Gasteiger partial charge is 0.360 e. The molecular formula is C30H28N2O3. The quantitative estimate of drug-likeness (QED) is 0.557. The Labute approximate surface area is 205 Å². The highest BCUT2D eigenvalue weighted by molar-refractivity contribution is 6.08. The lowest BCUT2D eigenvalue weighted by Crippen LogP contribution is -2.62. The first-order valence-electron chi connectivity index (χ1n) is 12.4. The normalized spacial score (nSPS) is 33.1. The third-order valence-electron chi connectivity index (χ3n) is 9.00. The molecule has 5 nitrogen and oxygen atoms in total. The van der Waals surface area contributed by atoms with Crippen LogP contribution in [-0.4, -0.2) is 54.6 Å². The molecule has 0 aromatic heterocycles. The van der Waals surface area contributed by atoms with Gasteiger partial charge in [0, 0.05) is 19.0 Å². The van der Waals surface area contributed by atoms with Gasteiger partial charge in [0.25, 0.3) is 0 Å². The van der Waals surface area contributed by atoms with Crippen molar-refractivity contribution in [2.45, 2.75) is 30.0 Å². The summed E-state index contributed by atoms with van der Waals surface area (Å²) in [5, 5.41) is 0. The lowest BCUT2D eigenvalue weighted by Gasteiger charge is -2.57. The van der Waals surface area contributed by atoms with E-state index >= 15 is 0 Å². The Bertz CT molecular complexity index is 1300. The van der Waals surface area contributed by atoms with E-state index in [1.54, 1.807) is 7.05 Å². The standard InChI is InChI=1S/C30H28N2O3/c1-31-19(16-18-10-4-3-5-11-18)17-35-29(31)30-22-14-8-6-12-20(22)24(21-13-7-9-15-23(21)30)25-26(30)28(34)32(2)27(25)33/h3-15,19,24-26,29H,16-17H2,1-2H3/t19-,24?,25-,26+,29-,30?/m0/s1. The highest BCUT2D eigenvalue weighted by Gasteiger charge is 2.71. The van der Waals surface area contributed by atoms with E-state index in [4.69, 9.17) is 4.74 Å². The van der Waals surface area contributed by atoms with Gasteiger partial charge in [0.15, 0.2) is 0 Å². The second-order valence-electron chi connectivity index (χ2n) is 10.5. The van der Waals surface area contributed by atoms with Crippen molar-refractivity contribution in [3.05, 3.63) is 107 Å². The second kappa shape index (κ2) is 7.36. The Morgan fingerprint density at radius 1 is 0.829 bits per heavy atom. The molecule has 2 bridgehead atoms. The Kier molecular flexibility index (Phi) is 4.42. The van der Waals surface area contributed by atoms with Crippen LogP contribution < -0.4 is 0 Å². The van der Waals surface area contributed by atoms with Crippen LogP contribution in [0.2, 0.25) is 0 Å². The molecule has 8 rings (SSSR count). The fourth-order valence-corrected chi connectivity index (χ4v) is 7.56. The van der Waals surface area contributed by atoms with Crippen LogP contribution in [0.25, 0.3) is 0 Å². The van der Waals surface area contributed by atoms with Crippen LogP contribution in [-0.2, 0) is 26.2 Å². The van der Waals surface area contributed by atoms with Gasteiger partial charge in [0.05, 0.1) is 23.9 Å². The number of imide groups is 1. The van der Waals surface area contributed by atoms with Crippen LogP contribution in [0.5, 0.6) is 0 Å². The number of rotatable bonds is 3. The summed E-state index contributed by atoms with van der Waals surface area (Å²) in [7, 11) is 3.76. The maximum absolute atomic E-state index is 13.8. The molecule has 35 heavy (non-hydrogen) atoms. The summed E-state index contributed by atoms with van der Waals surface area (Å²) in [5.74, 6) is -1.14. The second-order valence-corrected chi connectivity index (χ2v) is 10.5. The number of nitrogens with zero attached hydrogens (tertiary/aromatic N) is 2. The molecule has 2 heterocycles. The van der Waals surface area contributed by atoms with Crippen LogP contribution in [0.1, 0.15) is 33.7 Å². The van der Waals surface area contributed by atoms with Gasteiger partial charge in [-0.2, -0.15) is 0 Å². The third kappa shape index (κ3) is 2.55. The van der Waals surface area contributed by atoms with Crippen molar-refractivity contribution in [2.75, 3.05) is 20.7 Å². The maximum atomic E-state index is 13.8. The fourth-order valence-electron chi connectivity index (χ4n) is 7.56. The first-order chi connectivity index (χ1) is 17.0. The molecule has 0 spiro atoms. The molecule has 0 saturated carbocycles. The van der Waals surface area contributed by atoms with E-state index in [1.807, 2.05) is 18.2 Å². The van der Waals surface area contributed by atoms with Crippen LogP contribution in [0.4, 0.5) is 0 Å². The number of hydrogen-bond acceptors (Lipinski definition) is 4. The molecular weight excluding hydrogens is 436 g/mol. The average Bonchev–Trinajstić information content (AvgIpc) is 3.37. The molecule has 3 aromatic carbocycles. The fraction of sp³-hybridized carbons (Fsp3) is 0.333. The average molecular weight is 465 g/mol. The molecule has 176 valence electrons. The predicted octanol–water partition coefficient (Wildman–Crippen LogP) is 3.56. The number of carbonyl (C=O) groups is 2. The van der Waals surface area contributed by atoms with E-state index in [0.29, 0.717) is 6.61 Å². The number of hydrogen-bond donors (Lipinski definition) is 0. The highest BCUT2D eigenvalue weighted by atomic mass is 16.5. The number of likely N-dealkylation sites (tertiary alicyclic amines) is 1. The Morgan fingerprint density at radius 3 is 2.09 bits per heavy atom. The number of ether oxygens (including phenoxy) is 1. The molecule has 5 aliphatic rings. The Hall–Kier alpha value is -3.28. The molecule has 0 N–H and O–H groups in total. The van der Waals surface area contributed by atoms with Gasteiger partial charge in [-0.15, -0.1) is 0 Å². The van der Waals surface area contributed by atoms with Crippen LogP contribution in [0.3, 0.4) is 0 Å². The van der Waals surface area contributed by atoms with Crippen molar-refractivity contribution in [3.8, 4) is 0 Å². The first kappa shape index (κ1) is 21.0. The van der Waals surface area contributed by atoms with Crippen molar-refractivity contribution >= 4 is 11.8 Å². The number of likely N-dealkylation sites (N-methyl/N-ethyl adjacent to an activating group) is 1. The summed E-state index contributed by atoms with van der Waals surface area (Å²) < 4.78 is 6.69. The van der Waals surface area contributed by atoms with E-state index in [2.05, 4.69) is 72.6 Å². The van der Waals surface area contributed by atoms with Gasteiger partial charge in [-0.25, -0.2) is 0 Å². The lowest BCUT2D eigenvalue weighted by molar-refractivity contribution is -0.139. The van der Waals surface area contributed by atoms with Gasteiger partial charge in [-0.1, -0.05) is 78.9 Å². The molecule has 0 radical (unpaired) electrons. The van der Waals surface area contributed by atoms with Gasteiger partial charge in [0.2, 0.25) is 11.8 Å². The lowest BCUT2D eigenvalue weighted by atomic mass is 9.46. The van der Waals surface area contributed by atoms with Gasteiger partial charge in [-0.3, -0.25) is 19.4 Å². The van der Waals surface area contributed by atoms with E-state index in [1.165, 1.54) is 10.5 Å². The predicted molar refractivity (Wildman–Crippen MR) is 132 cm³/mol. The SMILES string of the molecule is CN1C(=O)[C@H]2C3c4ccccc4C([C@@H]4OC[C@H](Cc5ccccc5)N4C)(c4ccccc43)[C@H]2C1=O. The van der Waals surface area contributed by atoms with E-state index < -0.39 is 17.3 Å². The zero-order chi connectivity index (χ0) is 23.9. The van der Waals surface area contributed by atoms with Crippen molar-refractivity contribution < 1.29 is 14.3 Å². The zero-order valence-corrected chi connectivity index (χ0v) is 19.9. The zero-order valence-electron chi connectivity index (χ0n) is 19.9. The summed E-state index contributed by atoms with van der Waals surface area (Å²) in [6, 6.07) is 27.5. The van der Waals surface area contributed by atoms with Gasteiger partial charge >= 0.3 is 0 Å². The topological polar surface area (TPSA) is 49.9 Å². The molecule has 2 fully saturated rings. The molecule has 2 amide bonds. The monoisotopic (exact) mass is 464 g/mol. The first-order valence-corrected chi connectivity index (χ1v) is 12.4. The van der Waals surface area contributed by atoms with Crippen LogP contribution in [0, 0.1) is 11.8 Å². The third-order valence-corrected chi connectivity index (χ3v) is 9.00. The van der Waals surface area contributed by atoms with Crippen molar-refractivity contribution in [3.63, 3.8) is 0 Å². The van der Waals surface area contributed by atoms with E-state index in [-0.39, 0.29) is 30.0 Å². The van der Waals surface area contributed by atoms with Crippen molar-refractivity contribution in [1.29, 1.82) is 0 Å². The number of carbonyl (C=O) groups excluding carboxylic acids is 2. The minimum absolute atomic E-state index is 0.0696. The molecule has 0 unspecified atom stereocenters. The summed E-state index contributed by atoms with van der Waals surface area (Å²) in [4.78, 5) is 31.1. The number of benzene rings is 3. The summed E-state index contributed by atoms with van der Waals surface area (Å²) in [6.07, 6.45) is 0.520. The van der Waals surface area contributed by atoms with Crippen LogP contribution in [0.15, 0.2) is 78.9 Å². The molecule has 5 heteroatoms. The van der Waals surface area contributed by atoms with Crippen molar-refractivity contribution in [1.82, 2.24) is 9.80 Å². The smallest absolute Gasteiger partial charge is 0.234 e. The minimum Gasteiger partial charge on any atom is -0.360 e. The molecule has 3 aromatic rings. The molecule has 2 aliphatic heterocycles. The van der Waals surface area contributed by atoms with Gasteiger partial charge in [0.1, 0.15) is 6.23 Å².